The van der Waals surface area contributed by atoms with Gasteiger partial charge in [0.1, 0.15) is 0 Å². The van der Waals surface area contributed by atoms with Crippen molar-refractivity contribution in [1.82, 2.24) is 9.78 Å². The average Bonchev–Trinajstić information content (AvgIpc) is 2.53. The molecule has 1 N–H and O–H groups in total. The molecule has 1 aliphatic carbocycles. The summed E-state index contributed by atoms with van der Waals surface area (Å²) in [6.45, 7) is 4.93. The third kappa shape index (κ3) is 2.50. The molecule has 1 aromatic rings. The summed E-state index contributed by atoms with van der Waals surface area (Å²) in [6, 6.07) is 0. The Hall–Kier alpha value is -0.540. The minimum atomic E-state index is -0.257. The van der Waals surface area contributed by atoms with Crippen molar-refractivity contribution in [2.24, 2.45) is 5.92 Å². The van der Waals surface area contributed by atoms with E-state index in [0.717, 1.165) is 42.2 Å². The van der Waals surface area contributed by atoms with Crippen molar-refractivity contribution in [3.05, 3.63) is 16.4 Å². The molecule has 1 fully saturated rings. The van der Waals surface area contributed by atoms with Crippen molar-refractivity contribution >= 4 is 11.6 Å². The lowest BCUT2D eigenvalue weighted by Crippen LogP contribution is -2.29. The number of aryl methyl sites for hydroxylation is 2. The molecule has 0 amide bonds. The van der Waals surface area contributed by atoms with E-state index in [2.05, 4.69) is 18.9 Å². The van der Waals surface area contributed by atoms with Gasteiger partial charge in [0.2, 0.25) is 0 Å². The zero-order valence-corrected chi connectivity index (χ0v) is 11.4. The summed E-state index contributed by atoms with van der Waals surface area (Å²) < 4.78 is 1.93. The Kier molecular flexibility index (Phi) is 4.10. The van der Waals surface area contributed by atoms with Gasteiger partial charge in [-0.05, 0) is 32.1 Å². The third-order valence-electron chi connectivity index (χ3n) is 3.79. The second-order valence-corrected chi connectivity index (χ2v) is 5.22. The number of aliphatic hydroxyl groups excluding tert-OH is 1. The smallest absolute Gasteiger partial charge is 0.0850 e. The van der Waals surface area contributed by atoms with Crippen LogP contribution in [0.2, 0.25) is 5.02 Å². The maximum absolute atomic E-state index is 10.1. The molecule has 1 unspecified atom stereocenters. The van der Waals surface area contributed by atoms with Gasteiger partial charge in [-0.2, -0.15) is 5.10 Å². The van der Waals surface area contributed by atoms with Gasteiger partial charge >= 0.3 is 0 Å². The molecule has 0 aromatic carbocycles. The van der Waals surface area contributed by atoms with Crippen LogP contribution < -0.4 is 0 Å². The van der Waals surface area contributed by atoms with Gasteiger partial charge in [0.15, 0.2) is 0 Å². The predicted octanol–water partition coefficient (Wildman–Crippen LogP) is 2.82. The highest BCUT2D eigenvalue weighted by Crippen LogP contribution is 2.32. The molecule has 0 saturated heterocycles. The summed E-state index contributed by atoms with van der Waals surface area (Å²) in [4.78, 5) is 0. The number of hydrogen-bond acceptors (Lipinski definition) is 2. The lowest BCUT2D eigenvalue weighted by atomic mass is 9.80. The molecule has 1 heterocycles. The minimum absolute atomic E-state index is 0.257. The molecule has 3 nitrogen and oxygen atoms in total. The fourth-order valence-electron chi connectivity index (χ4n) is 2.40. The standard InChI is InChI=1S/C13H21ClN2O/c1-3-10-13(14)11(16(4-2)15-10)8-12(17)9-6-5-7-9/h9,12,17H,3-8H2,1-2H3. The van der Waals surface area contributed by atoms with Gasteiger partial charge in [-0.15, -0.1) is 0 Å². The largest absolute Gasteiger partial charge is 0.392 e. The first-order valence-corrected chi connectivity index (χ1v) is 6.97. The van der Waals surface area contributed by atoms with E-state index in [-0.39, 0.29) is 6.10 Å². The molecular formula is C13H21ClN2O. The number of rotatable bonds is 5. The van der Waals surface area contributed by atoms with Crippen LogP contribution in [-0.2, 0) is 19.4 Å². The quantitative estimate of drug-likeness (QED) is 0.880. The van der Waals surface area contributed by atoms with Gasteiger partial charge in [-0.3, -0.25) is 4.68 Å². The Morgan fingerprint density at radius 3 is 2.65 bits per heavy atom. The molecule has 1 aromatic heterocycles. The number of halogens is 1. The molecule has 0 bridgehead atoms. The van der Waals surface area contributed by atoms with Gasteiger partial charge in [0, 0.05) is 13.0 Å². The Morgan fingerprint density at radius 1 is 1.47 bits per heavy atom. The number of nitrogens with zero attached hydrogens (tertiary/aromatic N) is 2. The van der Waals surface area contributed by atoms with Crippen LogP contribution in [0, 0.1) is 5.92 Å². The van der Waals surface area contributed by atoms with Crippen molar-refractivity contribution in [2.75, 3.05) is 0 Å². The Bertz CT molecular complexity index is 385. The predicted molar refractivity (Wildman–Crippen MR) is 69.3 cm³/mol. The minimum Gasteiger partial charge on any atom is -0.392 e. The highest BCUT2D eigenvalue weighted by molar-refractivity contribution is 6.31. The van der Waals surface area contributed by atoms with Crippen molar-refractivity contribution in [2.45, 2.75) is 58.6 Å². The molecule has 1 aliphatic rings. The number of hydrogen-bond donors (Lipinski definition) is 1. The summed E-state index contributed by atoms with van der Waals surface area (Å²) in [5.74, 6) is 0.469. The molecule has 1 saturated carbocycles. The van der Waals surface area contributed by atoms with Crippen LogP contribution in [-0.4, -0.2) is 21.0 Å². The van der Waals surface area contributed by atoms with Crippen LogP contribution in [0.15, 0.2) is 0 Å². The Morgan fingerprint density at radius 2 is 2.18 bits per heavy atom. The fraction of sp³-hybridized carbons (Fsp3) is 0.769. The molecule has 1 atom stereocenters. The molecule has 0 radical (unpaired) electrons. The first-order valence-electron chi connectivity index (χ1n) is 6.59. The third-order valence-corrected chi connectivity index (χ3v) is 4.23. The molecule has 0 spiro atoms. The topological polar surface area (TPSA) is 38.0 Å². The van der Waals surface area contributed by atoms with Crippen LogP contribution in [0.5, 0.6) is 0 Å². The van der Waals surface area contributed by atoms with Crippen LogP contribution >= 0.6 is 11.6 Å². The fourth-order valence-corrected chi connectivity index (χ4v) is 2.75. The maximum atomic E-state index is 10.1. The van der Waals surface area contributed by atoms with Crippen molar-refractivity contribution in [3.8, 4) is 0 Å². The van der Waals surface area contributed by atoms with E-state index in [4.69, 9.17) is 11.6 Å². The number of aliphatic hydroxyl groups is 1. The average molecular weight is 257 g/mol. The summed E-state index contributed by atoms with van der Waals surface area (Å²) >= 11 is 6.32. The van der Waals surface area contributed by atoms with E-state index in [0.29, 0.717) is 12.3 Å². The van der Waals surface area contributed by atoms with Crippen LogP contribution in [0.1, 0.15) is 44.5 Å². The number of aromatic nitrogens is 2. The summed E-state index contributed by atoms with van der Waals surface area (Å²) in [5, 5.41) is 15.4. The Labute approximate surface area is 108 Å². The molecule has 96 valence electrons. The van der Waals surface area contributed by atoms with E-state index >= 15 is 0 Å². The second kappa shape index (κ2) is 5.40. The molecular weight excluding hydrogens is 236 g/mol. The molecule has 4 heteroatoms. The van der Waals surface area contributed by atoms with E-state index in [1.807, 2.05) is 4.68 Å². The highest BCUT2D eigenvalue weighted by atomic mass is 35.5. The van der Waals surface area contributed by atoms with Gasteiger partial charge in [0.25, 0.3) is 0 Å². The summed E-state index contributed by atoms with van der Waals surface area (Å²) in [7, 11) is 0. The zero-order valence-electron chi connectivity index (χ0n) is 10.6. The van der Waals surface area contributed by atoms with E-state index in [9.17, 15) is 5.11 Å². The van der Waals surface area contributed by atoms with Crippen molar-refractivity contribution in [3.63, 3.8) is 0 Å². The highest BCUT2D eigenvalue weighted by Gasteiger charge is 2.28. The van der Waals surface area contributed by atoms with Gasteiger partial charge < -0.3 is 5.11 Å². The monoisotopic (exact) mass is 256 g/mol. The van der Waals surface area contributed by atoms with Crippen molar-refractivity contribution in [1.29, 1.82) is 0 Å². The maximum Gasteiger partial charge on any atom is 0.0850 e. The van der Waals surface area contributed by atoms with E-state index in [1.165, 1.54) is 6.42 Å². The lowest BCUT2D eigenvalue weighted by molar-refractivity contribution is 0.0614. The summed E-state index contributed by atoms with van der Waals surface area (Å²) in [6.07, 6.45) is 4.79. The van der Waals surface area contributed by atoms with Gasteiger partial charge in [-0.1, -0.05) is 24.9 Å². The normalized spacial score (nSPS) is 18.1. The van der Waals surface area contributed by atoms with Crippen molar-refractivity contribution < 1.29 is 5.11 Å². The van der Waals surface area contributed by atoms with Gasteiger partial charge in [-0.25, -0.2) is 0 Å². The SMILES string of the molecule is CCc1nn(CC)c(CC(O)C2CCC2)c1Cl. The molecule has 2 rings (SSSR count). The molecule has 0 aliphatic heterocycles. The van der Waals surface area contributed by atoms with E-state index < -0.39 is 0 Å². The van der Waals surface area contributed by atoms with Gasteiger partial charge in [0.05, 0.1) is 22.5 Å². The zero-order chi connectivity index (χ0) is 12.4. The van der Waals surface area contributed by atoms with Crippen LogP contribution in [0.25, 0.3) is 0 Å². The molecule has 17 heavy (non-hydrogen) atoms. The van der Waals surface area contributed by atoms with Crippen LogP contribution in [0.3, 0.4) is 0 Å². The Balaban J connectivity index is 2.15. The second-order valence-electron chi connectivity index (χ2n) is 4.84. The van der Waals surface area contributed by atoms with E-state index in [1.54, 1.807) is 0 Å². The first-order chi connectivity index (χ1) is 8.17. The summed E-state index contributed by atoms with van der Waals surface area (Å²) in [5.41, 5.74) is 1.95. The van der Waals surface area contributed by atoms with Crippen LogP contribution in [0.4, 0.5) is 0 Å². The lowest BCUT2D eigenvalue weighted by Gasteiger charge is -2.30. The first kappa shape index (κ1) is 12.9.